The van der Waals surface area contributed by atoms with Crippen LogP contribution in [-0.4, -0.2) is 19.1 Å². The second-order valence-electron chi connectivity index (χ2n) is 10.4. The van der Waals surface area contributed by atoms with Gasteiger partial charge in [-0.2, -0.15) is 0 Å². The van der Waals surface area contributed by atoms with Gasteiger partial charge in [0.05, 0.1) is 33.2 Å². The number of nitrogens with zero attached hydrogens (tertiary/aromatic N) is 4. The van der Waals surface area contributed by atoms with E-state index in [0.717, 1.165) is 45.6 Å². The molecule has 0 aliphatic rings. The Kier molecular flexibility index (Phi) is 9.11. The predicted octanol–water partition coefficient (Wildman–Crippen LogP) is 9.94. The summed E-state index contributed by atoms with van der Waals surface area (Å²) in [5.74, 6) is -1.55. The van der Waals surface area contributed by atoms with E-state index in [1.165, 1.54) is 24.3 Å². The van der Waals surface area contributed by atoms with Crippen LogP contribution in [0.15, 0.2) is 146 Å². The van der Waals surface area contributed by atoms with E-state index in [9.17, 15) is 17.6 Å². The summed E-state index contributed by atoms with van der Waals surface area (Å²) in [7, 11) is 0. The quantitative estimate of drug-likeness (QED) is 0.166. The maximum atomic E-state index is 14.3. The van der Waals surface area contributed by atoms with E-state index in [0.29, 0.717) is 11.6 Å². The minimum atomic E-state index is -0.627. The molecular formula is C38H24F4IrN4+3. The molecular weight excluding hydrogens is 781 g/mol. The maximum Gasteiger partial charge on any atom is 3.00 e. The predicted molar refractivity (Wildman–Crippen MR) is 173 cm³/mol. The largest absolute Gasteiger partial charge is 3.00 e. The fraction of sp³-hybridized carbons (Fsp3) is 0. The fourth-order valence-electron chi connectivity index (χ4n) is 5.43. The molecule has 0 N–H and O–H groups in total. The van der Waals surface area contributed by atoms with Crippen molar-refractivity contribution in [2.45, 2.75) is 0 Å². The zero-order valence-electron chi connectivity index (χ0n) is 24.5. The molecule has 0 atom stereocenters. The topological polar surface area (TPSA) is 35.6 Å². The van der Waals surface area contributed by atoms with Crippen molar-refractivity contribution < 1.29 is 37.7 Å². The zero-order chi connectivity index (χ0) is 31.6. The van der Waals surface area contributed by atoms with Crippen molar-refractivity contribution >= 4 is 22.1 Å². The van der Waals surface area contributed by atoms with Gasteiger partial charge in [-0.3, -0.25) is 9.13 Å². The van der Waals surface area contributed by atoms with E-state index in [4.69, 9.17) is 0 Å². The van der Waals surface area contributed by atoms with Crippen molar-refractivity contribution in [1.29, 1.82) is 0 Å². The normalized spacial score (nSPS) is 10.8. The van der Waals surface area contributed by atoms with E-state index in [1.54, 1.807) is 0 Å². The number of hydrogen-bond donors (Lipinski definition) is 0. The van der Waals surface area contributed by atoms with Crippen LogP contribution in [0, 0.1) is 23.3 Å². The Morgan fingerprint density at radius 3 is 1.15 bits per heavy atom. The van der Waals surface area contributed by atoms with E-state index >= 15 is 0 Å². The first-order valence-electron chi connectivity index (χ1n) is 14.4. The first-order chi connectivity index (χ1) is 22.5. The number of aromatic nitrogens is 4. The minimum absolute atomic E-state index is 0. The Morgan fingerprint density at radius 1 is 0.404 bits per heavy atom. The molecule has 0 fully saturated rings. The van der Waals surface area contributed by atoms with Crippen LogP contribution in [0.4, 0.5) is 17.6 Å². The van der Waals surface area contributed by atoms with Gasteiger partial charge in [0.25, 0.3) is 0 Å². The van der Waals surface area contributed by atoms with Gasteiger partial charge in [0, 0.05) is 23.5 Å². The summed E-state index contributed by atoms with van der Waals surface area (Å²) in [5, 5.41) is 0. The van der Waals surface area contributed by atoms with Crippen LogP contribution in [0.1, 0.15) is 0 Å². The van der Waals surface area contributed by atoms with E-state index < -0.39 is 23.3 Å². The molecule has 8 aromatic rings. The van der Waals surface area contributed by atoms with Gasteiger partial charge in [0.2, 0.25) is 0 Å². The summed E-state index contributed by atoms with van der Waals surface area (Å²) < 4.78 is 58.7. The van der Waals surface area contributed by atoms with Gasteiger partial charge in [0.1, 0.15) is 34.9 Å². The smallest absolute Gasteiger partial charge is 0.292 e. The summed E-state index contributed by atoms with van der Waals surface area (Å²) in [6.45, 7) is 0. The third-order valence-corrected chi connectivity index (χ3v) is 7.49. The van der Waals surface area contributed by atoms with E-state index in [2.05, 4.69) is 9.97 Å². The zero-order valence-corrected chi connectivity index (χ0v) is 26.9. The Balaban J connectivity index is 0.000000161. The van der Waals surface area contributed by atoms with Crippen LogP contribution in [0.2, 0.25) is 0 Å². The van der Waals surface area contributed by atoms with Crippen LogP contribution in [0.5, 0.6) is 0 Å². The molecule has 2 aromatic heterocycles. The van der Waals surface area contributed by atoms with Crippen LogP contribution >= 0.6 is 0 Å². The molecule has 0 radical (unpaired) electrons. The number of benzene rings is 6. The molecule has 0 saturated heterocycles. The average Bonchev–Trinajstić information content (AvgIpc) is 3.65. The molecule has 0 spiro atoms. The first-order valence-corrected chi connectivity index (χ1v) is 14.4. The molecule has 0 amide bonds. The monoisotopic (exact) mass is 805 g/mol. The van der Waals surface area contributed by atoms with Crippen molar-refractivity contribution in [2.24, 2.45) is 0 Å². The van der Waals surface area contributed by atoms with Crippen LogP contribution in [0.25, 0.3) is 56.2 Å². The van der Waals surface area contributed by atoms with Crippen molar-refractivity contribution in [2.75, 3.05) is 0 Å². The van der Waals surface area contributed by atoms with Gasteiger partial charge >= 0.3 is 20.1 Å². The Hall–Kier alpha value is -5.37. The molecule has 0 aliphatic carbocycles. The van der Waals surface area contributed by atoms with Crippen molar-refractivity contribution in [3.8, 4) is 34.2 Å². The summed E-state index contributed by atoms with van der Waals surface area (Å²) in [4.78, 5) is 9.10. The number of rotatable bonds is 4. The molecule has 8 rings (SSSR count). The van der Waals surface area contributed by atoms with Gasteiger partial charge in [-0.05, 0) is 72.8 Å². The minimum Gasteiger partial charge on any atom is -0.292 e. The second-order valence-corrected chi connectivity index (χ2v) is 10.4. The molecule has 0 aliphatic heterocycles. The number of hydrogen-bond acceptors (Lipinski definition) is 2. The van der Waals surface area contributed by atoms with Crippen molar-refractivity contribution in [1.82, 2.24) is 19.1 Å². The van der Waals surface area contributed by atoms with Gasteiger partial charge < -0.3 is 0 Å². The molecule has 230 valence electrons. The van der Waals surface area contributed by atoms with E-state index in [1.807, 2.05) is 118 Å². The van der Waals surface area contributed by atoms with Crippen molar-refractivity contribution in [3.63, 3.8) is 0 Å². The fourth-order valence-corrected chi connectivity index (χ4v) is 5.43. The van der Waals surface area contributed by atoms with Gasteiger partial charge in [-0.25, -0.2) is 27.5 Å². The molecule has 2 heterocycles. The molecule has 0 bridgehead atoms. The van der Waals surface area contributed by atoms with Crippen molar-refractivity contribution in [3.05, 3.63) is 169 Å². The summed E-state index contributed by atoms with van der Waals surface area (Å²) in [5.41, 5.74) is 5.55. The Bertz CT molecular complexity index is 2150. The van der Waals surface area contributed by atoms with Gasteiger partial charge in [-0.1, -0.05) is 60.7 Å². The average molecular weight is 805 g/mol. The molecule has 0 saturated carbocycles. The van der Waals surface area contributed by atoms with Gasteiger partial charge in [-0.15, -0.1) is 0 Å². The van der Waals surface area contributed by atoms with Crippen LogP contribution in [0.3, 0.4) is 0 Å². The molecule has 47 heavy (non-hydrogen) atoms. The number of imidazole rings is 2. The molecule has 9 heteroatoms. The summed E-state index contributed by atoms with van der Waals surface area (Å²) >= 11 is 0. The Morgan fingerprint density at radius 2 is 0.766 bits per heavy atom. The summed E-state index contributed by atoms with van der Waals surface area (Å²) in [6.07, 6.45) is 0. The first kappa shape index (κ1) is 31.6. The SMILES string of the molecule is Fc1ccc(-c2nc3ccccc3n2-c2ccccc2)c(F)c1.Fc1ccc(-c2nc3ccccc3n2-c2ccccc2)c(F)c1.[Ir+3]. The molecule has 4 nitrogen and oxygen atoms in total. The molecule has 6 aromatic carbocycles. The standard InChI is InChI=1S/2C19H12F2N2.Ir/c2*20-13-10-11-15(16(21)12-13)19-22-17-8-4-5-9-18(17)23(19)14-6-2-1-3-7-14;/h2*1-12H;/q;;+3. The van der Waals surface area contributed by atoms with Crippen LogP contribution < -0.4 is 0 Å². The van der Waals surface area contributed by atoms with Crippen LogP contribution in [-0.2, 0) is 20.1 Å². The summed E-state index contributed by atoms with van der Waals surface area (Å²) in [6, 6.07) is 41.5. The Labute approximate surface area is 281 Å². The third kappa shape index (κ3) is 6.23. The van der Waals surface area contributed by atoms with Gasteiger partial charge in [0.15, 0.2) is 0 Å². The maximum absolute atomic E-state index is 14.3. The number of halogens is 4. The van der Waals surface area contributed by atoms with E-state index in [-0.39, 0.29) is 31.2 Å². The molecule has 0 unspecified atom stereocenters. The number of para-hydroxylation sites is 6. The number of fused-ring (bicyclic) bond motifs is 2. The third-order valence-electron chi connectivity index (χ3n) is 7.49. The second kappa shape index (κ2) is 13.5.